The van der Waals surface area contributed by atoms with Crippen molar-refractivity contribution < 1.29 is 9.53 Å². The third-order valence-corrected chi connectivity index (χ3v) is 4.54. The third kappa shape index (κ3) is 3.01. The van der Waals surface area contributed by atoms with Crippen LogP contribution >= 0.6 is 0 Å². The first-order valence-electron chi connectivity index (χ1n) is 7.05. The highest BCUT2D eigenvalue weighted by molar-refractivity contribution is 5.69. The number of piperidine rings is 1. The van der Waals surface area contributed by atoms with Gasteiger partial charge in [-0.3, -0.25) is 9.69 Å². The Balaban J connectivity index is 1.95. The molecule has 1 heterocycles. The summed E-state index contributed by atoms with van der Waals surface area (Å²) in [7, 11) is 1.48. The molecule has 2 rings (SSSR count). The second-order valence-corrected chi connectivity index (χ2v) is 5.62. The molecule has 0 spiro atoms. The molecule has 2 aliphatic rings. The first-order valence-corrected chi connectivity index (χ1v) is 7.05. The molecule has 0 N–H and O–H groups in total. The second-order valence-electron chi connectivity index (χ2n) is 5.62. The third-order valence-electron chi connectivity index (χ3n) is 4.54. The van der Waals surface area contributed by atoms with E-state index in [9.17, 15) is 4.79 Å². The van der Waals surface area contributed by atoms with Gasteiger partial charge in [-0.25, -0.2) is 0 Å². The van der Waals surface area contributed by atoms with Crippen LogP contribution in [0.25, 0.3) is 0 Å². The number of ether oxygens (including phenoxy) is 1. The maximum atomic E-state index is 11.4. The molecule has 3 heteroatoms. The SMILES string of the molecule is COC(=O)CC(C)N1CCCC2CCCCC21. The molecule has 3 nitrogen and oxygen atoms in total. The normalized spacial score (nSPS) is 31.6. The van der Waals surface area contributed by atoms with Crippen molar-refractivity contribution in [1.82, 2.24) is 4.90 Å². The average molecular weight is 239 g/mol. The number of carbonyl (C=O) groups is 1. The molecule has 1 saturated carbocycles. The number of rotatable bonds is 3. The van der Waals surface area contributed by atoms with E-state index in [1.807, 2.05) is 0 Å². The summed E-state index contributed by atoms with van der Waals surface area (Å²) in [5, 5.41) is 0. The summed E-state index contributed by atoms with van der Waals surface area (Å²) in [5.74, 6) is 0.813. The monoisotopic (exact) mass is 239 g/mol. The van der Waals surface area contributed by atoms with Gasteiger partial charge in [-0.15, -0.1) is 0 Å². The number of hydrogen-bond acceptors (Lipinski definition) is 3. The predicted octanol–water partition coefficient (Wildman–Crippen LogP) is 2.59. The Morgan fingerprint density at radius 3 is 2.76 bits per heavy atom. The van der Waals surface area contributed by atoms with E-state index in [4.69, 9.17) is 4.74 Å². The van der Waals surface area contributed by atoms with Gasteiger partial charge < -0.3 is 4.74 Å². The number of esters is 1. The van der Waals surface area contributed by atoms with Crippen LogP contribution in [0.1, 0.15) is 51.9 Å². The lowest BCUT2D eigenvalue weighted by molar-refractivity contribution is -0.142. The van der Waals surface area contributed by atoms with Crippen LogP contribution in [0.15, 0.2) is 0 Å². The standard InChI is InChI=1S/C14H25NO2/c1-11(10-14(16)17-2)15-9-5-7-12-6-3-4-8-13(12)15/h11-13H,3-10H2,1-2H3. The topological polar surface area (TPSA) is 29.5 Å². The molecule has 1 saturated heterocycles. The first-order chi connectivity index (χ1) is 8.22. The number of fused-ring (bicyclic) bond motifs is 1. The van der Waals surface area contributed by atoms with Gasteiger partial charge in [-0.2, -0.15) is 0 Å². The molecular formula is C14H25NO2. The minimum Gasteiger partial charge on any atom is -0.469 e. The van der Waals surface area contributed by atoms with Gasteiger partial charge in [0.2, 0.25) is 0 Å². The van der Waals surface area contributed by atoms with Crippen molar-refractivity contribution in [1.29, 1.82) is 0 Å². The molecule has 2 fully saturated rings. The van der Waals surface area contributed by atoms with Crippen molar-refractivity contribution in [3.63, 3.8) is 0 Å². The van der Waals surface area contributed by atoms with Crippen LogP contribution in [0, 0.1) is 5.92 Å². The summed E-state index contributed by atoms with van der Waals surface area (Å²) in [6.45, 7) is 3.34. The van der Waals surface area contributed by atoms with Gasteiger partial charge in [0.1, 0.15) is 0 Å². The van der Waals surface area contributed by atoms with Crippen molar-refractivity contribution in [2.45, 2.75) is 64.0 Å². The largest absolute Gasteiger partial charge is 0.469 e. The highest BCUT2D eigenvalue weighted by atomic mass is 16.5. The van der Waals surface area contributed by atoms with Gasteiger partial charge in [0.05, 0.1) is 13.5 Å². The molecule has 17 heavy (non-hydrogen) atoms. The molecule has 0 amide bonds. The molecule has 0 radical (unpaired) electrons. The van der Waals surface area contributed by atoms with E-state index < -0.39 is 0 Å². The molecule has 98 valence electrons. The van der Waals surface area contributed by atoms with Crippen LogP contribution in [0.2, 0.25) is 0 Å². The molecule has 0 bridgehead atoms. The zero-order valence-corrected chi connectivity index (χ0v) is 11.2. The summed E-state index contributed by atoms with van der Waals surface area (Å²) < 4.78 is 4.78. The first kappa shape index (κ1) is 12.9. The fourth-order valence-electron chi connectivity index (χ4n) is 3.65. The van der Waals surface area contributed by atoms with Gasteiger partial charge in [0.15, 0.2) is 0 Å². The van der Waals surface area contributed by atoms with Crippen LogP contribution in [-0.4, -0.2) is 36.6 Å². The molecule has 0 aromatic carbocycles. The minimum atomic E-state index is -0.0737. The van der Waals surface area contributed by atoms with E-state index in [0.717, 1.165) is 12.0 Å². The van der Waals surface area contributed by atoms with Gasteiger partial charge in [0.25, 0.3) is 0 Å². The van der Waals surface area contributed by atoms with Crippen molar-refractivity contribution in [2.24, 2.45) is 5.92 Å². The Kier molecular flexibility index (Phi) is 4.43. The predicted molar refractivity (Wildman–Crippen MR) is 67.8 cm³/mol. The fraction of sp³-hybridized carbons (Fsp3) is 0.929. The smallest absolute Gasteiger partial charge is 0.307 e. The van der Waals surface area contributed by atoms with Crippen LogP contribution in [-0.2, 0) is 9.53 Å². The summed E-state index contributed by atoms with van der Waals surface area (Å²) >= 11 is 0. The van der Waals surface area contributed by atoms with Gasteiger partial charge in [-0.1, -0.05) is 12.8 Å². The van der Waals surface area contributed by atoms with Crippen LogP contribution < -0.4 is 0 Å². The average Bonchev–Trinajstić information content (AvgIpc) is 2.37. The highest BCUT2D eigenvalue weighted by Crippen LogP contribution is 2.36. The molecular weight excluding hydrogens is 214 g/mol. The van der Waals surface area contributed by atoms with Crippen LogP contribution in [0.3, 0.4) is 0 Å². The van der Waals surface area contributed by atoms with E-state index in [2.05, 4.69) is 11.8 Å². The fourth-order valence-corrected chi connectivity index (χ4v) is 3.65. The maximum Gasteiger partial charge on any atom is 0.307 e. The lowest BCUT2D eigenvalue weighted by Crippen LogP contribution is -2.51. The molecule has 3 atom stereocenters. The number of carbonyl (C=O) groups excluding carboxylic acids is 1. The number of likely N-dealkylation sites (tertiary alicyclic amines) is 1. The van der Waals surface area contributed by atoms with Crippen molar-refractivity contribution in [2.75, 3.05) is 13.7 Å². The zero-order chi connectivity index (χ0) is 12.3. The number of hydrogen-bond donors (Lipinski definition) is 0. The van der Waals surface area contributed by atoms with Crippen LogP contribution in [0.5, 0.6) is 0 Å². The second kappa shape index (κ2) is 5.85. The van der Waals surface area contributed by atoms with Gasteiger partial charge in [-0.05, 0) is 45.1 Å². The Labute approximate surface area is 105 Å². The van der Waals surface area contributed by atoms with Gasteiger partial charge in [0, 0.05) is 12.1 Å². The Morgan fingerprint density at radius 1 is 1.29 bits per heavy atom. The van der Waals surface area contributed by atoms with Crippen LogP contribution in [0.4, 0.5) is 0 Å². The molecule has 1 aliphatic carbocycles. The maximum absolute atomic E-state index is 11.4. The summed E-state index contributed by atoms with van der Waals surface area (Å²) in [6.07, 6.45) is 8.73. The Morgan fingerprint density at radius 2 is 2.00 bits per heavy atom. The highest BCUT2D eigenvalue weighted by Gasteiger charge is 2.35. The van der Waals surface area contributed by atoms with E-state index >= 15 is 0 Å². The zero-order valence-electron chi connectivity index (χ0n) is 11.2. The van der Waals surface area contributed by atoms with E-state index in [1.54, 1.807) is 0 Å². The van der Waals surface area contributed by atoms with Crippen molar-refractivity contribution in [3.05, 3.63) is 0 Å². The van der Waals surface area contributed by atoms with E-state index in [-0.39, 0.29) is 5.97 Å². The molecule has 0 aromatic rings. The molecule has 1 aliphatic heterocycles. The lowest BCUT2D eigenvalue weighted by atomic mass is 9.77. The van der Waals surface area contributed by atoms with Crippen molar-refractivity contribution in [3.8, 4) is 0 Å². The van der Waals surface area contributed by atoms with Crippen molar-refractivity contribution >= 4 is 5.97 Å². The number of methoxy groups -OCH3 is 1. The summed E-state index contributed by atoms with van der Waals surface area (Å²) in [5.41, 5.74) is 0. The van der Waals surface area contributed by atoms with Gasteiger partial charge >= 0.3 is 5.97 Å². The molecule has 3 unspecified atom stereocenters. The molecule has 0 aromatic heterocycles. The number of nitrogens with zero attached hydrogens (tertiary/aromatic N) is 1. The summed E-state index contributed by atoms with van der Waals surface area (Å²) in [4.78, 5) is 13.9. The summed E-state index contributed by atoms with van der Waals surface area (Å²) in [6, 6.07) is 1.07. The van der Waals surface area contributed by atoms with E-state index in [0.29, 0.717) is 12.5 Å². The van der Waals surface area contributed by atoms with E-state index in [1.165, 1.54) is 52.2 Å². The Bertz CT molecular complexity index is 265. The Hall–Kier alpha value is -0.570. The minimum absolute atomic E-state index is 0.0737. The lowest BCUT2D eigenvalue weighted by Gasteiger charge is -2.46. The quantitative estimate of drug-likeness (QED) is 0.709.